The van der Waals surface area contributed by atoms with Crippen molar-refractivity contribution in [3.8, 4) is 11.5 Å². The molecule has 4 nitrogen and oxygen atoms in total. The Hall–Kier alpha value is -3.14. The summed E-state index contributed by atoms with van der Waals surface area (Å²) in [4.78, 5) is 23.3. The van der Waals surface area contributed by atoms with Crippen molar-refractivity contribution in [1.29, 1.82) is 0 Å². The fourth-order valence-corrected chi connectivity index (χ4v) is 2.15. The molecule has 0 N–H and O–H groups in total. The number of ether oxygens (including phenoxy) is 2. The number of hydrogen-bond acceptors (Lipinski definition) is 4. The third-order valence-corrected chi connectivity index (χ3v) is 3.16. The van der Waals surface area contributed by atoms with Crippen molar-refractivity contribution in [2.75, 3.05) is 0 Å². The van der Waals surface area contributed by atoms with Crippen molar-refractivity contribution in [1.82, 2.24) is 0 Å². The van der Waals surface area contributed by atoms with E-state index in [2.05, 4.69) is 6.58 Å². The van der Waals surface area contributed by atoms with Crippen molar-refractivity contribution in [2.45, 2.75) is 0 Å². The van der Waals surface area contributed by atoms with E-state index in [-0.39, 0.29) is 0 Å². The average molecular weight is 292 g/mol. The van der Waals surface area contributed by atoms with Crippen LogP contribution in [0.25, 0.3) is 11.6 Å². The van der Waals surface area contributed by atoms with Gasteiger partial charge in [0.05, 0.1) is 5.57 Å². The molecule has 0 aliphatic carbocycles. The topological polar surface area (TPSA) is 52.6 Å². The lowest BCUT2D eigenvalue weighted by Crippen LogP contribution is -2.02. The van der Waals surface area contributed by atoms with Crippen LogP contribution in [0.15, 0.2) is 61.2 Å². The van der Waals surface area contributed by atoms with E-state index in [1.807, 2.05) is 30.3 Å². The summed E-state index contributed by atoms with van der Waals surface area (Å²) >= 11 is 0. The number of rotatable bonds is 3. The molecule has 0 radical (unpaired) electrons. The molecule has 1 aliphatic heterocycles. The van der Waals surface area contributed by atoms with Gasteiger partial charge >= 0.3 is 11.9 Å². The normalized spacial score (nSPS) is 14.4. The van der Waals surface area contributed by atoms with E-state index in [1.54, 1.807) is 24.3 Å². The summed E-state index contributed by atoms with van der Waals surface area (Å²) in [5.74, 6) is -0.198. The molecule has 1 heterocycles. The highest BCUT2D eigenvalue weighted by Crippen LogP contribution is 2.37. The van der Waals surface area contributed by atoms with Crippen LogP contribution in [0.4, 0.5) is 0 Å². The Morgan fingerprint density at radius 2 is 1.91 bits per heavy atom. The van der Waals surface area contributed by atoms with Crippen molar-refractivity contribution < 1.29 is 19.1 Å². The number of carbonyl (C=O) groups is 2. The van der Waals surface area contributed by atoms with Crippen LogP contribution >= 0.6 is 0 Å². The summed E-state index contributed by atoms with van der Waals surface area (Å²) in [5.41, 5.74) is 1.91. The molecule has 3 rings (SSSR count). The molecule has 0 saturated heterocycles. The minimum Gasteiger partial charge on any atom is -0.423 e. The van der Waals surface area contributed by atoms with E-state index in [1.165, 1.54) is 0 Å². The second-order valence-electron chi connectivity index (χ2n) is 4.64. The highest BCUT2D eigenvalue weighted by Gasteiger charge is 2.27. The minimum atomic E-state index is -0.557. The maximum Gasteiger partial charge on any atom is 0.344 e. The molecule has 0 aromatic heterocycles. The van der Waals surface area contributed by atoms with Gasteiger partial charge in [0, 0.05) is 11.6 Å². The fourth-order valence-electron chi connectivity index (χ4n) is 2.15. The Morgan fingerprint density at radius 1 is 1.14 bits per heavy atom. The fraction of sp³-hybridized carbons (Fsp3) is 0. The zero-order valence-corrected chi connectivity index (χ0v) is 11.6. The molecule has 2 aromatic carbocycles. The molecule has 4 heteroatoms. The molecular formula is C18H12O4. The van der Waals surface area contributed by atoms with Gasteiger partial charge in [-0.15, -0.1) is 0 Å². The van der Waals surface area contributed by atoms with E-state index in [0.29, 0.717) is 22.6 Å². The van der Waals surface area contributed by atoms with Crippen LogP contribution in [0.2, 0.25) is 0 Å². The molecule has 1 aliphatic rings. The number of carbonyl (C=O) groups excluding carboxylic acids is 2. The molecule has 0 saturated carbocycles. The maximum atomic E-state index is 12.0. The Balaban J connectivity index is 2.01. The van der Waals surface area contributed by atoms with Crippen molar-refractivity contribution in [2.24, 2.45) is 0 Å². The van der Waals surface area contributed by atoms with Gasteiger partial charge in [0.1, 0.15) is 11.5 Å². The van der Waals surface area contributed by atoms with Crippen molar-refractivity contribution in [3.05, 3.63) is 72.3 Å². The second-order valence-corrected chi connectivity index (χ2v) is 4.64. The Morgan fingerprint density at radius 3 is 2.64 bits per heavy atom. The van der Waals surface area contributed by atoms with Crippen LogP contribution < -0.4 is 9.47 Å². The van der Waals surface area contributed by atoms with E-state index in [4.69, 9.17) is 9.47 Å². The first-order chi connectivity index (χ1) is 10.7. The predicted octanol–water partition coefficient (Wildman–Crippen LogP) is 3.24. The van der Waals surface area contributed by atoms with Crippen LogP contribution in [0, 0.1) is 0 Å². The number of fused-ring (bicyclic) bond motifs is 1. The lowest BCUT2D eigenvalue weighted by atomic mass is 10.0. The zero-order chi connectivity index (χ0) is 15.5. The monoisotopic (exact) mass is 292 g/mol. The Bertz CT molecular complexity index is 788. The summed E-state index contributed by atoms with van der Waals surface area (Å²) in [6.45, 7) is 3.35. The molecule has 0 fully saturated rings. The van der Waals surface area contributed by atoms with Gasteiger partial charge in [-0.05, 0) is 29.8 Å². The lowest BCUT2D eigenvalue weighted by molar-refractivity contribution is -0.129. The molecule has 0 bridgehead atoms. The summed E-state index contributed by atoms with van der Waals surface area (Å²) in [6, 6.07) is 14.2. The van der Waals surface area contributed by atoms with Crippen molar-refractivity contribution in [3.63, 3.8) is 0 Å². The first kappa shape index (κ1) is 13.8. The standard InChI is InChI=1S/C18H12O4/c1-2-17(19)21-13-8-9-16-14(11-13)15(18(20)22-16)10-12-6-4-3-5-7-12/h2-11H,1H2. The van der Waals surface area contributed by atoms with Crippen LogP contribution in [0.3, 0.4) is 0 Å². The average Bonchev–Trinajstić information content (AvgIpc) is 2.84. The zero-order valence-electron chi connectivity index (χ0n) is 11.6. The maximum absolute atomic E-state index is 12.0. The minimum absolute atomic E-state index is 0.334. The predicted molar refractivity (Wildman–Crippen MR) is 82.2 cm³/mol. The van der Waals surface area contributed by atoms with Crippen LogP contribution in [0.1, 0.15) is 11.1 Å². The SMILES string of the molecule is C=CC(=O)Oc1ccc2c(c1)C(=Cc1ccccc1)C(=O)O2. The van der Waals surface area contributed by atoms with Crippen LogP contribution in [-0.4, -0.2) is 11.9 Å². The Kier molecular flexibility index (Phi) is 3.58. The summed E-state index contributed by atoms with van der Waals surface area (Å²) in [6.07, 6.45) is 2.82. The van der Waals surface area contributed by atoms with E-state index in [0.717, 1.165) is 11.6 Å². The van der Waals surface area contributed by atoms with Crippen LogP contribution in [0.5, 0.6) is 11.5 Å². The molecule has 0 amide bonds. The highest BCUT2D eigenvalue weighted by molar-refractivity contribution is 6.26. The van der Waals surface area contributed by atoms with Gasteiger partial charge in [0.2, 0.25) is 0 Å². The molecule has 0 unspecified atom stereocenters. The Labute approximate surface area is 127 Å². The highest BCUT2D eigenvalue weighted by atomic mass is 16.5. The largest absolute Gasteiger partial charge is 0.423 e. The molecule has 0 atom stereocenters. The van der Waals surface area contributed by atoms with Gasteiger partial charge in [0.15, 0.2) is 0 Å². The third-order valence-electron chi connectivity index (χ3n) is 3.16. The summed E-state index contributed by atoms with van der Waals surface area (Å²) < 4.78 is 10.3. The quantitative estimate of drug-likeness (QED) is 0.495. The first-order valence-electron chi connectivity index (χ1n) is 6.65. The first-order valence-corrected chi connectivity index (χ1v) is 6.65. The van der Waals surface area contributed by atoms with Crippen LogP contribution in [-0.2, 0) is 9.59 Å². The second kappa shape index (κ2) is 5.69. The number of hydrogen-bond donors (Lipinski definition) is 0. The van der Waals surface area contributed by atoms with Crippen molar-refractivity contribution >= 4 is 23.6 Å². The third kappa shape index (κ3) is 2.67. The van der Waals surface area contributed by atoms with E-state index in [9.17, 15) is 9.59 Å². The smallest absolute Gasteiger partial charge is 0.344 e. The van der Waals surface area contributed by atoms with Gasteiger partial charge in [0.25, 0.3) is 0 Å². The van der Waals surface area contributed by atoms with Gasteiger partial charge < -0.3 is 9.47 Å². The van der Waals surface area contributed by atoms with Gasteiger partial charge in [-0.25, -0.2) is 9.59 Å². The number of esters is 2. The lowest BCUT2D eigenvalue weighted by Gasteiger charge is -2.03. The molecular weight excluding hydrogens is 280 g/mol. The van der Waals surface area contributed by atoms with E-state index >= 15 is 0 Å². The van der Waals surface area contributed by atoms with Gasteiger partial charge in [-0.1, -0.05) is 36.9 Å². The van der Waals surface area contributed by atoms with E-state index < -0.39 is 11.9 Å². The summed E-state index contributed by atoms with van der Waals surface area (Å²) in [5, 5.41) is 0. The van der Waals surface area contributed by atoms with Gasteiger partial charge in [-0.3, -0.25) is 0 Å². The molecule has 2 aromatic rings. The molecule has 108 valence electrons. The number of benzene rings is 2. The van der Waals surface area contributed by atoms with Gasteiger partial charge in [-0.2, -0.15) is 0 Å². The summed E-state index contributed by atoms with van der Waals surface area (Å²) in [7, 11) is 0. The molecule has 22 heavy (non-hydrogen) atoms. The molecule has 0 spiro atoms.